The van der Waals surface area contributed by atoms with Crippen LogP contribution in [0, 0.1) is 17.0 Å². The standard InChI is InChI=1S/C12H18N2O3/c1-3-13-7-4-8-17-11-5-6-12(14(15)16)10(2)9-11/h5-6,9,13H,3-4,7-8H2,1-2H3. The first kappa shape index (κ1) is 13.4. The van der Waals surface area contributed by atoms with Crippen molar-refractivity contribution >= 4 is 5.69 Å². The first-order chi connectivity index (χ1) is 8.15. The van der Waals surface area contributed by atoms with Crippen molar-refractivity contribution in [1.82, 2.24) is 5.32 Å². The Balaban J connectivity index is 2.45. The van der Waals surface area contributed by atoms with E-state index in [1.807, 2.05) is 0 Å². The molecular formula is C12H18N2O3. The van der Waals surface area contributed by atoms with Gasteiger partial charge >= 0.3 is 0 Å². The average Bonchev–Trinajstić information content (AvgIpc) is 2.28. The topological polar surface area (TPSA) is 64.4 Å². The van der Waals surface area contributed by atoms with Gasteiger partial charge in [0.1, 0.15) is 5.75 Å². The van der Waals surface area contributed by atoms with Crippen LogP contribution in [0.25, 0.3) is 0 Å². The van der Waals surface area contributed by atoms with Gasteiger partial charge in [0.15, 0.2) is 0 Å². The summed E-state index contributed by atoms with van der Waals surface area (Å²) in [7, 11) is 0. The quantitative estimate of drug-likeness (QED) is 0.449. The molecule has 0 unspecified atom stereocenters. The van der Waals surface area contributed by atoms with Crippen molar-refractivity contribution in [2.75, 3.05) is 19.7 Å². The maximum Gasteiger partial charge on any atom is 0.272 e. The molecule has 17 heavy (non-hydrogen) atoms. The lowest BCUT2D eigenvalue weighted by Crippen LogP contribution is -2.16. The van der Waals surface area contributed by atoms with E-state index < -0.39 is 0 Å². The van der Waals surface area contributed by atoms with Crippen LogP contribution in [-0.2, 0) is 0 Å². The molecule has 1 aromatic carbocycles. The molecule has 0 aromatic heterocycles. The highest BCUT2D eigenvalue weighted by molar-refractivity contribution is 5.44. The Kier molecular flexibility index (Phi) is 5.42. The van der Waals surface area contributed by atoms with Crippen LogP contribution >= 0.6 is 0 Å². The van der Waals surface area contributed by atoms with Crippen molar-refractivity contribution in [3.05, 3.63) is 33.9 Å². The number of benzene rings is 1. The minimum absolute atomic E-state index is 0.130. The summed E-state index contributed by atoms with van der Waals surface area (Å²) in [5.74, 6) is 0.685. The lowest BCUT2D eigenvalue weighted by Gasteiger charge is -2.07. The predicted molar refractivity (Wildman–Crippen MR) is 66.5 cm³/mol. The summed E-state index contributed by atoms with van der Waals surface area (Å²) < 4.78 is 5.51. The molecule has 0 spiro atoms. The van der Waals surface area contributed by atoms with E-state index in [9.17, 15) is 10.1 Å². The summed E-state index contributed by atoms with van der Waals surface area (Å²) in [5, 5.41) is 13.8. The SMILES string of the molecule is CCNCCCOc1ccc([N+](=O)[O-])c(C)c1. The molecule has 1 aromatic rings. The zero-order chi connectivity index (χ0) is 12.7. The molecule has 1 N–H and O–H groups in total. The van der Waals surface area contributed by atoms with Crippen LogP contribution in [0.3, 0.4) is 0 Å². The second kappa shape index (κ2) is 6.85. The van der Waals surface area contributed by atoms with Crippen LogP contribution in [0.1, 0.15) is 18.9 Å². The number of nitro groups is 1. The van der Waals surface area contributed by atoms with Gasteiger partial charge in [0.05, 0.1) is 11.5 Å². The van der Waals surface area contributed by atoms with Gasteiger partial charge in [-0.25, -0.2) is 0 Å². The third-order valence-electron chi connectivity index (χ3n) is 2.38. The van der Waals surface area contributed by atoms with Gasteiger partial charge in [0.25, 0.3) is 5.69 Å². The molecule has 0 aliphatic carbocycles. The van der Waals surface area contributed by atoms with Gasteiger partial charge in [-0.2, -0.15) is 0 Å². The van der Waals surface area contributed by atoms with E-state index >= 15 is 0 Å². The number of nitrogens with one attached hydrogen (secondary N) is 1. The summed E-state index contributed by atoms with van der Waals surface area (Å²) in [5.41, 5.74) is 0.754. The molecule has 0 radical (unpaired) electrons. The summed E-state index contributed by atoms with van der Waals surface area (Å²) in [6, 6.07) is 4.82. The Hall–Kier alpha value is -1.62. The van der Waals surface area contributed by atoms with Crippen LogP contribution in [-0.4, -0.2) is 24.6 Å². The first-order valence-corrected chi connectivity index (χ1v) is 5.73. The van der Waals surface area contributed by atoms with Crippen molar-refractivity contribution in [2.45, 2.75) is 20.3 Å². The van der Waals surface area contributed by atoms with Gasteiger partial charge in [0, 0.05) is 11.6 Å². The molecule has 94 valence electrons. The number of ether oxygens (including phenoxy) is 1. The van der Waals surface area contributed by atoms with Gasteiger partial charge in [0.2, 0.25) is 0 Å². The first-order valence-electron chi connectivity index (χ1n) is 5.73. The molecule has 5 nitrogen and oxygen atoms in total. The number of nitro benzene ring substituents is 1. The van der Waals surface area contributed by atoms with Crippen LogP contribution in [0.5, 0.6) is 5.75 Å². The Labute approximate surface area is 101 Å². The van der Waals surface area contributed by atoms with Gasteiger partial charge in [-0.1, -0.05) is 6.92 Å². The molecule has 0 heterocycles. The Morgan fingerprint density at radius 3 is 2.82 bits per heavy atom. The molecule has 0 atom stereocenters. The highest BCUT2D eigenvalue weighted by atomic mass is 16.6. The second-order valence-electron chi connectivity index (χ2n) is 3.76. The average molecular weight is 238 g/mol. The fourth-order valence-electron chi connectivity index (χ4n) is 1.49. The van der Waals surface area contributed by atoms with Crippen molar-refractivity contribution in [1.29, 1.82) is 0 Å². The van der Waals surface area contributed by atoms with E-state index in [1.54, 1.807) is 19.1 Å². The highest BCUT2D eigenvalue weighted by Gasteiger charge is 2.10. The fourth-order valence-corrected chi connectivity index (χ4v) is 1.49. The van der Waals surface area contributed by atoms with E-state index in [-0.39, 0.29) is 10.6 Å². The molecule has 0 bridgehead atoms. The molecule has 0 fully saturated rings. The molecule has 1 rings (SSSR count). The zero-order valence-corrected chi connectivity index (χ0v) is 10.2. The maximum atomic E-state index is 10.6. The largest absolute Gasteiger partial charge is 0.494 e. The van der Waals surface area contributed by atoms with Crippen LogP contribution in [0.2, 0.25) is 0 Å². The van der Waals surface area contributed by atoms with E-state index in [0.29, 0.717) is 17.9 Å². The van der Waals surface area contributed by atoms with Crippen LogP contribution < -0.4 is 10.1 Å². The van der Waals surface area contributed by atoms with Gasteiger partial charge in [-0.05, 0) is 38.6 Å². The summed E-state index contributed by atoms with van der Waals surface area (Å²) in [4.78, 5) is 10.2. The minimum atomic E-state index is -0.385. The Bertz CT molecular complexity index is 380. The van der Waals surface area contributed by atoms with Gasteiger partial charge in [-0.15, -0.1) is 0 Å². The van der Waals surface area contributed by atoms with Crippen LogP contribution in [0.15, 0.2) is 18.2 Å². The molecule has 0 amide bonds. The van der Waals surface area contributed by atoms with E-state index in [2.05, 4.69) is 12.2 Å². The molecule has 0 saturated carbocycles. The Morgan fingerprint density at radius 1 is 1.47 bits per heavy atom. The second-order valence-corrected chi connectivity index (χ2v) is 3.76. The monoisotopic (exact) mass is 238 g/mol. The van der Waals surface area contributed by atoms with Crippen molar-refractivity contribution in [3.63, 3.8) is 0 Å². The third kappa shape index (κ3) is 4.40. The molecule has 0 saturated heterocycles. The number of hydrogen-bond donors (Lipinski definition) is 1. The van der Waals surface area contributed by atoms with Crippen molar-refractivity contribution < 1.29 is 9.66 Å². The fraction of sp³-hybridized carbons (Fsp3) is 0.500. The molecule has 0 aliphatic heterocycles. The minimum Gasteiger partial charge on any atom is -0.494 e. The normalized spacial score (nSPS) is 10.2. The summed E-state index contributed by atoms with van der Waals surface area (Å²) >= 11 is 0. The number of hydrogen-bond acceptors (Lipinski definition) is 4. The number of rotatable bonds is 7. The highest BCUT2D eigenvalue weighted by Crippen LogP contribution is 2.22. The van der Waals surface area contributed by atoms with E-state index in [4.69, 9.17) is 4.74 Å². The van der Waals surface area contributed by atoms with Gasteiger partial charge in [-0.3, -0.25) is 10.1 Å². The number of aryl methyl sites for hydroxylation is 1. The lowest BCUT2D eigenvalue weighted by atomic mass is 10.2. The van der Waals surface area contributed by atoms with Crippen molar-refractivity contribution in [2.24, 2.45) is 0 Å². The summed E-state index contributed by atoms with van der Waals surface area (Å²) in [6.45, 7) is 6.26. The zero-order valence-electron chi connectivity index (χ0n) is 10.2. The van der Waals surface area contributed by atoms with E-state index in [0.717, 1.165) is 19.5 Å². The lowest BCUT2D eigenvalue weighted by molar-refractivity contribution is -0.385. The third-order valence-corrected chi connectivity index (χ3v) is 2.38. The number of nitrogens with zero attached hydrogens (tertiary/aromatic N) is 1. The molecule has 5 heteroatoms. The summed E-state index contributed by atoms with van der Waals surface area (Å²) in [6.07, 6.45) is 0.921. The molecular weight excluding hydrogens is 220 g/mol. The van der Waals surface area contributed by atoms with Gasteiger partial charge < -0.3 is 10.1 Å². The maximum absolute atomic E-state index is 10.6. The smallest absolute Gasteiger partial charge is 0.272 e. The van der Waals surface area contributed by atoms with Crippen LogP contribution in [0.4, 0.5) is 5.69 Å². The molecule has 0 aliphatic rings. The van der Waals surface area contributed by atoms with Crippen molar-refractivity contribution in [3.8, 4) is 5.75 Å². The van der Waals surface area contributed by atoms with E-state index in [1.165, 1.54) is 6.07 Å². The Morgan fingerprint density at radius 2 is 2.24 bits per heavy atom. The predicted octanol–water partition coefficient (Wildman–Crippen LogP) is 2.28.